The van der Waals surface area contributed by atoms with Gasteiger partial charge in [0.15, 0.2) is 5.76 Å². The Morgan fingerprint density at radius 2 is 1.72 bits per heavy atom. The van der Waals surface area contributed by atoms with Gasteiger partial charge < -0.3 is 9.15 Å². The number of carbonyl (C=O) groups is 1. The van der Waals surface area contributed by atoms with Crippen LogP contribution in [-0.2, 0) is 4.79 Å². The SMILES string of the molecule is CC=CC(=O)Oc1c(-c2ccc(C)cc2)oc2ccc(C)cc2c1=O. The van der Waals surface area contributed by atoms with Crippen LogP contribution < -0.4 is 10.2 Å². The number of benzene rings is 2. The van der Waals surface area contributed by atoms with E-state index in [0.29, 0.717) is 16.5 Å². The number of allylic oxidation sites excluding steroid dienone is 1. The van der Waals surface area contributed by atoms with E-state index in [4.69, 9.17) is 9.15 Å². The van der Waals surface area contributed by atoms with Crippen LogP contribution in [0.3, 0.4) is 0 Å². The minimum absolute atomic E-state index is 0.0925. The van der Waals surface area contributed by atoms with Crippen molar-refractivity contribution in [1.29, 1.82) is 0 Å². The number of aryl methyl sites for hydroxylation is 2. The van der Waals surface area contributed by atoms with Crippen molar-refractivity contribution in [3.63, 3.8) is 0 Å². The van der Waals surface area contributed by atoms with Crippen molar-refractivity contribution in [2.75, 3.05) is 0 Å². The second-order valence-electron chi connectivity index (χ2n) is 5.88. The van der Waals surface area contributed by atoms with Gasteiger partial charge in [-0.2, -0.15) is 0 Å². The maximum absolute atomic E-state index is 12.9. The molecule has 0 fully saturated rings. The summed E-state index contributed by atoms with van der Waals surface area (Å²) in [7, 11) is 0. The van der Waals surface area contributed by atoms with Crippen LogP contribution in [0, 0.1) is 13.8 Å². The summed E-state index contributed by atoms with van der Waals surface area (Å²) in [5.74, 6) is -0.459. The van der Waals surface area contributed by atoms with Gasteiger partial charge in [0, 0.05) is 11.6 Å². The fourth-order valence-electron chi connectivity index (χ4n) is 2.55. The molecule has 0 amide bonds. The zero-order chi connectivity index (χ0) is 18.0. The molecule has 0 aliphatic heterocycles. The van der Waals surface area contributed by atoms with Gasteiger partial charge in [-0.25, -0.2) is 4.79 Å². The van der Waals surface area contributed by atoms with Gasteiger partial charge in [-0.3, -0.25) is 4.79 Å². The second-order valence-corrected chi connectivity index (χ2v) is 5.88. The number of fused-ring (bicyclic) bond motifs is 1. The van der Waals surface area contributed by atoms with Gasteiger partial charge in [0.05, 0.1) is 5.39 Å². The van der Waals surface area contributed by atoms with Gasteiger partial charge in [0.2, 0.25) is 11.2 Å². The third kappa shape index (κ3) is 3.38. The van der Waals surface area contributed by atoms with Gasteiger partial charge in [-0.1, -0.05) is 47.5 Å². The molecule has 3 aromatic rings. The van der Waals surface area contributed by atoms with E-state index in [-0.39, 0.29) is 16.9 Å². The number of ether oxygens (including phenoxy) is 1. The number of carbonyl (C=O) groups excluding carboxylic acids is 1. The molecule has 1 heterocycles. The summed E-state index contributed by atoms with van der Waals surface area (Å²) in [4.78, 5) is 24.8. The summed E-state index contributed by atoms with van der Waals surface area (Å²) in [6.07, 6.45) is 2.82. The van der Waals surface area contributed by atoms with Gasteiger partial charge in [0.25, 0.3) is 0 Å². The van der Waals surface area contributed by atoms with Crippen LogP contribution in [0.1, 0.15) is 18.1 Å². The summed E-state index contributed by atoms with van der Waals surface area (Å²) in [6, 6.07) is 12.8. The first kappa shape index (κ1) is 16.7. The van der Waals surface area contributed by atoms with E-state index < -0.39 is 5.97 Å². The average Bonchev–Trinajstić information content (AvgIpc) is 2.59. The summed E-state index contributed by atoms with van der Waals surface area (Å²) < 4.78 is 11.2. The standard InChI is InChI=1S/C21H18O4/c1-4-5-18(22)25-21-19(23)16-12-14(3)8-11-17(16)24-20(21)15-9-6-13(2)7-10-15/h4-12H,1-3H3. The van der Waals surface area contributed by atoms with Crippen LogP contribution in [0.2, 0.25) is 0 Å². The van der Waals surface area contributed by atoms with Crippen LogP contribution in [-0.4, -0.2) is 5.97 Å². The van der Waals surface area contributed by atoms with Crippen LogP contribution in [0.4, 0.5) is 0 Å². The third-order valence-corrected chi connectivity index (χ3v) is 3.82. The van der Waals surface area contributed by atoms with E-state index in [2.05, 4.69) is 0 Å². The predicted molar refractivity (Wildman–Crippen MR) is 97.8 cm³/mol. The molecule has 4 nitrogen and oxygen atoms in total. The van der Waals surface area contributed by atoms with Gasteiger partial charge in [-0.05, 0) is 32.9 Å². The zero-order valence-corrected chi connectivity index (χ0v) is 14.3. The van der Waals surface area contributed by atoms with Crippen molar-refractivity contribution in [2.45, 2.75) is 20.8 Å². The Kier molecular flexibility index (Phi) is 4.52. The van der Waals surface area contributed by atoms with Crippen LogP contribution in [0.5, 0.6) is 5.75 Å². The Morgan fingerprint density at radius 3 is 2.40 bits per heavy atom. The maximum atomic E-state index is 12.9. The van der Waals surface area contributed by atoms with E-state index >= 15 is 0 Å². The lowest BCUT2D eigenvalue weighted by Crippen LogP contribution is -2.14. The minimum Gasteiger partial charge on any atom is -0.452 e. The molecule has 1 aromatic heterocycles. The Labute approximate surface area is 145 Å². The van der Waals surface area contributed by atoms with Gasteiger partial charge >= 0.3 is 5.97 Å². The number of rotatable bonds is 3. The first-order chi connectivity index (χ1) is 12.0. The largest absolute Gasteiger partial charge is 0.452 e. The first-order valence-corrected chi connectivity index (χ1v) is 7.98. The van der Waals surface area contributed by atoms with Crippen molar-refractivity contribution < 1.29 is 13.9 Å². The molecule has 0 saturated heterocycles. The van der Waals surface area contributed by atoms with E-state index in [0.717, 1.165) is 11.1 Å². The Morgan fingerprint density at radius 1 is 1.04 bits per heavy atom. The molecule has 0 atom stereocenters. The fraction of sp³-hybridized carbons (Fsp3) is 0.143. The Bertz CT molecular complexity index is 1020. The molecular formula is C21H18O4. The van der Waals surface area contributed by atoms with Crippen molar-refractivity contribution in [2.24, 2.45) is 0 Å². The van der Waals surface area contributed by atoms with Crippen LogP contribution in [0.25, 0.3) is 22.3 Å². The molecule has 0 aliphatic carbocycles. The number of esters is 1. The van der Waals surface area contributed by atoms with E-state index in [1.807, 2.05) is 44.2 Å². The molecule has 0 N–H and O–H groups in total. The van der Waals surface area contributed by atoms with Crippen molar-refractivity contribution in [1.82, 2.24) is 0 Å². The van der Waals surface area contributed by atoms with Crippen molar-refractivity contribution in [3.05, 3.63) is 76.0 Å². The number of hydrogen-bond donors (Lipinski definition) is 0. The highest BCUT2D eigenvalue weighted by Crippen LogP contribution is 2.31. The normalized spacial score (nSPS) is 11.2. The highest BCUT2D eigenvalue weighted by Gasteiger charge is 2.19. The van der Waals surface area contributed by atoms with Gasteiger partial charge in [-0.15, -0.1) is 0 Å². The monoisotopic (exact) mass is 334 g/mol. The minimum atomic E-state index is -0.616. The fourth-order valence-corrected chi connectivity index (χ4v) is 2.55. The molecule has 4 heteroatoms. The molecule has 0 aliphatic rings. The lowest BCUT2D eigenvalue weighted by Gasteiger charge is -2.10. The Hall–Kier alpha value is -3.14. The second kappa shape index (κ2) is 6.77. The lowest BCUT2D eigenvalue weighted by molar-refractivity contribution is -0.129. The summed E-state index contributed by atoms with van der Waals surface area (Å²) in [5.41, 5.74) is 2.77. The highest BCUT2D eigenvalue weighted by molar-refractivity contribution is 5.88. The maximum Gasteiger partial charge on any atom is 0.336 e. The lowest BCUT2D eigenvalue weighted by atomic mass is 10.1. The summed E-state index contributed by atoms with van der Waals surface area (Å²) in [6.45, 7) is 5.56. The molecule has 0 saturated carbocycles. The van der Waals surface area contributed by atoms with Crippen LogP contribution in [0.15, 0.2) is 63.8 Å². The molecule has 25 heavy (non-hydrogen) atoms. The molecule has 2 aromatic carbocycles. The Balaban J connectivity index is 2.29. The van der Waals surface area contributed by atoms with Crippen LogP contribution >= 0.6 is 0 Å². The molecule has 3 rings (SSSR count). The van der Waals surface area contributed by atoms with Crippen molar-refractivity contribution in [3.8, 4) is 17.1 Å². The molecule has 0 bridgehead atoms. The zero-order valence-electron chi connectivity index (χ0n) is 14.3. The molecule has 0 spiro atoms. The van der Waals surface area contributed by atoms with E-state index in [1.54, 1.807) is 25.1 Å². The molecule has 0 radical (unpaired) electrons. The highest BCUT2D eigenvalue weighted by atomic mass is 16.5. The quantitative estimate of drug-likeness (QED) is 0.520. The van der Waals surface area contributed by atoms with Crippen molar-refractivity contribution >= 4 is 16.9 Å². The topological polar surface area (TPSA) is 56.5 Å². The molecule has 126 valence electrons. The predicted octanol–water partition coefficient (Wildman–Crippen LogP) is 4.56. The number of hydrogen-bond acceptors (Lipinski definition) is 4. The molecule has 0 unspecified atom stereocenters. The van der Waals surface area contributed by atoms with E-state index in [1.165, 1.54) is 6.08 Å². The average molecular weight is 334 g/mol. The third-order valence-electron chi connectivity index (χ3n) is 3.82. The summed E-state index contributed by atoms with van der Waals surface area (Å²) in [5, 5.41) is 0.388. The van der Waals surface area contributed by atoms with Gasteiger partial charge in [0.1, 0.15) is 5.58 Å². The summed E-state index contributed by atoms with van der Waals surface area (Å²) >= 11 is 0. The smallest absolute Gasteiger partial charge is 0.336 e. The molecular weight excluding hydrogens is 316 g/mol. The first-order valence-electron chi connectivity index (χ1n) is 7.98. The van der Waals surface area contributed by atoms with E-state index in [9.17, 15) is 9.59 Å².